The summed E-state index contributed by atoms with van der Waals surface area (Å²) in [5.41, 5.74) is 7.04. The summed E-state index contributed by atoms with van der Waals surface area (Å²) in [4.78, 5) is 22.5. The number of benzene rings is 1. The van der Waals surface area contributed by atoms with E-state index in [4.69, 9.17) is 5.73 Å². The van der Waals surface area contributed by atoms with E-state index in [0.29, 0.717) is 6.42 Å². The Hall–Kier alpha value is -2.43. The third-order valence-corrected chi connectivity index (χ3v) is 2.98. The van der Waals surface area contributed by atoms with Crippen molar-refractivity contribution < 1.29 is 9.59 Å². The zero-order chi connectivity index (χ0) is 13.8. The van der Waals surface area contributed by atoms with Crippen molar-refractivity contribution >= 4 is 11.7 Å². The molecule has 0 fully saturated rings. The molecule has 0 saturated heterocycles. The van der Waals surface area contributed by atoms with Crippen molar-refractivity contribution in [3.05, 3.63) is 48.3 Å². The molecular weight excluding hydrogens is 242 g/mol. The van der Waals surface area contributed by atoms with Crippen LogP contribution in [0.5, 0.6) is 0 Å². The highest BCUT2D eigenvalue weighted by Crippen LogP contribution is 2.13. The number of Topliss-reactive ketones (excluding diaryl/α,β-unsaturated/α-hetero) is 1. The minimum Gasteiger partial charge on any atom is -0.369 e. The Bertz CT molecular complexity index is 559. The maximum absolute atomic E-state index is 11.3. The number of hydrogen-bond acceptors (Lipinski definition) is 3. The number of carbonyl (C=O) groups is 2. The van der Waals surface area contributed by atoms with Gasteiger partial charge >= 0.3 is 0 Å². The zero-order valence-corrected chi connectivity index (χ0v) is 10.6. The summed E-state index contributed by atoms with van der Waals surface area (Å²) in [6.07, 6.45) is 3.88. The number of primary amides is 1. The number of aromatic nitrogens is 2. The van der Waals surface area contributed by atoms with E-state index in [2.05, 4.69) is 5.10 Å². The Labute approximate surface area is 111 Å². The molecule has 5 heteroatoms. The fourth-order valence-corrected chi connectivity index (χ4v) is 1.89. The van der Waals surface area contributed by atoms with E-state index in [1.54, 1.807) is 10.9 Å². The topological polar surface area (TPSA) is 78.0 Å². The van der Waals surface area contributed by atoms with Gasteiger partial charge in [-0.3, -0.25) is 9.59 Å². The lowest BCUT2D eigenvalue weighted by Gasteiger charge is -2.10. The first-order valence-corrected chi connectivity index (χ1v) is 5.96. The van der Waals surface area contributed by atoms with Crippen molar-refractivity contribution in [1.29, 1.82) is 0 Å². The standard InChI is InChI=1S/C14H15N3O2/c1-10(18)13(14(15)19)9-11-3-5-12(6-4-11)17-8-2-7-16-17/h2-8,13H,9H2,1H3,(H2,15,19). The normalized spacial score (nSPS) is 12.1. The van der Waals surface area contributed by atoms with Gasteiger partial charge in [-0.2, -0.15) is 5.10 Å². The Balaban J connectivity index is 2.15. The van der Waals surface area contributed by atoms with E-state index < -0.39 is 11.8 Å². The monoisotopic (exact) mass is 257 g/mol. The van der Waals surface area contributed by atoms with Gasteiger partial charge in [0, 0.05) is 12.4 Å². The maximum Gasteiger partial charge on any atom is 0.228 e. The van der Waals surface area contributed by atoms with Gasteiger partial charge in [-0.05, 0) is 37.1 Å². The molecule has 0 aliphatic heterocycles. The van der Waals surface area contributed by atoms with Crippen LogP contribution < -0.4 is 5.73 Å². The van der Waals surface area contributed by atoms with Crippen LogP contribution in [0.15, 0.2) is 42.7 Å². The summed E-state index contributed by atoms with van der Waals surface area (Å²) in [5.74, 6) is -1.54. The van der Waals surface area contributed by atoms with Crippen LogP contribution >= 0.6 is 0 Å². The summed E-state index contributed by atoms with van der Waals surface area (Å²) in [7, 11) is 0. The van der Waals surface area contributed by atoms with E-state index in [9.17, 15) is 9.59 Å². The van der Waals surface area contributed by atoms with Gasteiger partial charge in [0.1, 0.15) is 5.78 Å². The molecule has 0 aliphatic carbocycles. The summed E-state index contributed by atoms with van der Waals surface area (Å²) in [6, 6.07) is 9.36. The summed E-state index contributed by atoms with van der Waals surface area (Å²) < 4.78 is 1.74. The van der Waals surface area contributed by atoms with Gasteiger partial charge in [0.25, 0.3) is 0 Å². The lowest BCUT2D eigenvalue weighted by atomic mass is 9.95. The number of ketones is 1. The van der Waals surface area contributed by atoms with Gasteiger partial charge in [-0.15, -0.1) is 0 Å². The first kappa shape index (κ1) is 13.0. The van der Waals surface area contributed by atoms with Gasteiger partial charge in [0.2, 0.25) is 5.91 Å². The minimum atomic E-state index is -0.754. The number of nitrogens with two attached hydrogens (primary N) is 1. The molecule has 1 atom stereocenters. The van der Waals surface area contributed by atoms with Crippen LogP contribution in [0.4, 0.5) is 0 Å². The van der Waals surface area contributed by atoms with E-state index >= 15 is 0 Å². The summed E-state index contributed by atoms with van der Waals surface area (Å²) in [6.45, 7) is 1.38. The lowest BCUT2D eigenvalue weighted by molar-refractivity contribution is -0.130. The highest BCUT2D eigenvalue weighted by atomic mass is 16.2. The average Bonchev–Trinajstić information content (AvgIpc) is 2.89. The predicted molar refractivity (Wildman–Crippen MR) is 70.6 cm³/mol. The number of hydrogen-bond donors (Lipinski definition) is 1. The van der Waals surface area contributed by atoms with Crippen molar-refractivity contribution in [2.24, 2.45) is 11.7 Å². The van der Waals surface area contributed by atoms with Crippen LogP contribution in [0.25, 0.3) is 5.69 Å². The van der Waals surface area contributed by atoms with E-state index in [1.807, 2.05) is 36.5 Å². The van der Waals surface area contributed by atoms with Gasteiger partial charge in [-0.1, -0.05) is 12.1 Å². The lowest BCUT2D eigenvalue weighted by Crippen LogP contribution is -2.30. The van der Waals surface area contributed by atoms with E-state index in [-0.39, 0.29) is 5.78 Å². The van der Waals surface area contributed by atoms with Gasteiger partial charge < -0.3 is 5.73 Å². The smallest absolute Gasteiger partial charge is 0.228 e. The summed E-state index contributed by atoms with van der Waals surface area (Å²) >= 11 is 0. The third kappa shape index (κ3) is 3.07. The molecule has 1 unspecified atom stereocenters. The SMILES string of the molecule is CC(=O)C(Cc1ccc(-n2cccn2)cc1)C(N)=O. The number of nitrogens with zero attached hydrogens (tertiary/aromatic N) is 2. The number of amides is 1. The zero-order valence-electron chi connectivity index (χ0n) is 10.6. The molecule has 2 aromatic rings. The first-order valence-electron chi connectivity index (χ1n) is 5.96. The molecule has 1 amide bonds. The Kier molecular flexibility index (Phi) is 3.75. The van der Waals surface area contributed by atoms with Crippen LogP contribution in [0.2, 0.25) is 0 Å². The Morgan fingerprint density at radius 3 is 2.47 bits per heavy atom. The van der Waals surface area contributed by atoms with Gasteiger partial charge in [0.05, 0.1) is 11.6 Å². The largest absolute Gasteiger partial charge is 0.369 e. The Morgan fingerprint density at radius 2 is 2.00 bits per heavy atom. The molecule has 98 valence electrons. The molecule has 0 aliphatic rings. The maximum atomic E-state index is 11.3. The summed E-state index contributed by atoms with van der Waals surface area (Å²) in [5, 5.41) is 4.12. The molecule has 5 nitrogen and oxygen atoms in total. The quantitative estimate of drug-likeness (QED) is 0.815. The van der Waals surface area contributed by atoms with E-state index in [0.717, 1.165) is 11.3 Å². The Morgan fingerprint density at radius 1 is 1.32 bits per heavy atom. The molecule has 1 aromatic heterocycles. The van der Waals surface area contributed by atoms with Crippen LogP contribution in [0.1, 0.15) is 12.5 Å². The van der Waals surface area contributed by atoms with Crippen molar-refractivity contribution in [3.8, 4) is 5.69 Å². The molecule has 1 aromatic carbocycles. The van der Waals surface area contributed by atoms with Crippen molar-refractivity contribution in [1.82, 2.24) is 9.78 Å². The second-order valence-corrected chi connectivity index (χ2v) is 4.39. The van der Waals surface area contributed by atoms with Crippen molar-refractivity contribution in [3.63, 3.8) is 0 Å². The molecule has 0 bridgehead atoms. The molecule has 0 radical (unpaired) electrons. The highest BCUT2D eigenvalue weighted by molar-refractivity contribution is 5.99. The van der Waals surface area contributed by atoms with Crippen molar-refractivity contribution in [2.75, 3.05) is 0 Å². The van der Waals surface area contributed by atoms with Crippen LogP contribution in [0, 0.1) is 5.92 Å². The second-order valence-electron chi connectivity index (χ2n) is 4.39. The molecule has 0 saturated carbocycles. The fraction of sp³-hybridized carbons (Fsp3) is 0.214. The predicted octanol–water partition coefficient (Wildman–Crippen LogP) is 1.11. The van der Waals surface area contributed by atoms with Crippen LogP contribution in [-0.4, -0.2) is 21.5 Å². The minimum absolute atomic E-state index is 0.205. The average molecular weight is 257 g/mol. The fourth-order valence-electron chi connectivity index (χ4n) is 1.89. The molecular formula is C14H15N3O2. The van der Waals surface area contributed by atoms with Crippen LogP contribution in [0.3, 0.4) is 0 Å². The molecule has 2 rings (SSSR count). The van der Waals surface area contributed by atoms with Gasteiger partial charge in [0.15, 0.2) is 0 Å². The molecule has 2 N–H and O–H groups in total. The van der Waals surface area contributed by atoms with E-state index in [1.165, 1.54) is 6.92 Å². The first-order chi connectivity index (χ1) is 9.08. The highest BCUT2D eigenvalue weighted by Gasteiger charge is 2.20. The molecule has 1 heterocycles. The van der Waals surface area contributed by atoms with Crippen molar-refractivity contribution in [2.45, 2.75) is 13.3 Å². The number of rotatable bonds is 5. The van der Waals surface area contributed by atoms with Crippen LogP contribution in [-0.2, 0) is 16.0 Å². The third-order valence-electron chi connectivity index (χ3n) is 2.98. The van der Waals surface area contributed by atoms with Gasteiger partial charge in [-0.25, -0.2) is 4.68 Å². The number of carbonyl (C=O) groups excluding carboxylic acids is 2. The second kappa shape index (κ2) is 5.48. The molecule has 19 heavy (non-hydrogen) atoms. The molecule has 0 spiro atoms.